The van der Waals surface area contributed by atoms with Crippen LogP contribution in [0.15, 0.2) is 91.5 Å². The Morgan fingerprint density at radius 1 is 0.857 bits per heavy atom. The number of benzene rings is 4. The zero-order valence-electron chi connectivity index (χ0n) is 22.9. The van der Waals surface area contributed by atoms with E-state index in [9.17, 15) is 23.2 Å². The van der Waals surface area contributed by atoms with Crippen LogP contribution in [0.3, 0.4) is 0 Å². The molecule has 9 heteroatoms. The summed E-state index contributed by atoms with van der Waals surface area (Å²) in [5, 5.41) is 1.61. The van der Waals surface area contributed by atoms with Crippen LogP contribution in [-0.4, -0.2) is 24.7 Å². The van der Waals surface area contributed by atoms with Crippen molar-refractivity contribution >= 4 is 28.7 Å². The van der Waals surface area contributed by atoms with Gasteiger partial charge in [0, 0.05) is 17.2 Å². The second kappa shape index (κ2) is 12.9. The smallest absolute Gasteiger partial charge is 0.346 e. The maximum absolute atomic E-state index is 14.7. The Balaban J connectivity index is 1.46. The van der Waals surface area contributed by atoms with Gasteiger partial charge in [-0.3, -0.25) is 0 Å². The quantitative estimate of drug-likeness (QED) is 0.0875. The van der Waals surface area contributed by atoms with Gasteiger partial charge in [-0.25, -0.2) is 23.2 Å². The molecule has 0 aliphatic heterocycles. The Kier molecular flexibility index (Phi) is 9.12. The summed E-state index contributed by atoms with van der Waals surface area (Å²) in [6.07, 6.45) is 1.05. The molecule has 4 aromatic rings. The van der Waals surface area contributed by atoms with Crippen LogP contribution in [0.5, 0.6) is 11.5 Å². The van der Waals surface area contributed by atoms with Gasteiger partial charge in [0.25, 0.3) is 0 Å². The van der Waals surface area contributed by atoms with Gasteiger partial charge >= 0.3 is 17.9 Å². The molecule has 0 fully saturated rings. The molecule has 0 aromatic heterocycles. The predicted octanol–water partition coefficient (Wildman–Crippen LogP) is 7.00. The first-order valence-electron chi connectivity index (χ1n) is 12.7. The van der Waals surface area contributed by atoms with E-state index in [-0.39, 0.29) is 23.7 Å². The molecule has 0 saturated carbocycles. The molecule has 0 N–H and O–H groups in total. The number of esters is 3. The number of fused-ring (bicyclic) bond motifs is 1. The monoisotopic (exact) mass is 572 g/mol. The van der Waals surface area contributed by atoms with E-state index in [2.05, 4.69) is 13.2 Å². The van der Waals surface area contributed by atoms with Crippen molar-refractivity contribution in [3.8, 4) is 22.6 Å². The third kappa shape index (κ3) is 6.87. The van der Waals surface area contributed by atoms with Crippen LogP contribution >= 0.6 is 0 Å². The predicted molar refractivity (Wildman–Crippen MR) is 152 cm³/mol. The highest BCUT2D eigenvalue weighted by Crippen LogP contribution is 2.31. The molecular weight excluding hydrogens is 546 g/mol. The van der Waals surface area contributed by atoms with E-state index in [0.29, 0.717) is 5.75 Å². The van der Waals surface area contributed by atoms with Crippen molar-refractivity contribution in [3.63, 3.8) is 0 Å². The fraction of sp³-hybridized carbons (Fsp3) is 0.121. The topological polar surface area (TPSA) is 88.1 Å². The van der Waals surface area contributed by atoms with Crippen LogP contribution in [-0.2, 0) is 25.7 Å². The van der Waals surface area contributed by atoms with E-state index >= 15 is 0 Å². The summed E-state index contributed by atoms with van der Waals surface area (Å²) in [6, 6.07) is 18.3. The zero-order valence-corrected chi connectivity index (χ0v) is 22.9. The first-order valence-corrected chi connectivity index (χ1v) is 12.7. The fourth-order valence-corrected chi connectivity index (χ4v) is 4.01. The lowest BCUT2D eigenvalue weighted by atomic mass is 9.97. The van der Waals surface area contributed by atoms with Crippen LogP contribution in [0.25, 0.3) is 21.9 Å². The number of hydrogen-bond acceptors (Lipinski definition) is 7. The van der Waals surface area contributed by atoms with Crippen LogP contribution in [0, 0.1) is 18.6 Å². The first-order chi connectivity index (χ1) is 20.1. The Hall–Kier alpha value is -5.31. The summed E-state index contributed by atoms with van der Waals surface area (Å²) < 4.78 is 49.6. The van der Waals surface area contributed by atoms with E-state index < -0.39 is 41.7 Å². The molecule has 0 radical (unpaired) electrons. The molecule has 0 heterocycles. The molecule has 4 aromatic carbocycles. The molecule has 0 unspecified atom stereocenters. The van der Waals surface area contributed by atoms with Crippen LogP contribution < -0.4 is 9.47 Å². The second-order valence-electron chi connectivity index (χ2n) is 9.28. The van der Waals surface area contributed by atoms with Crippen molar-refractivity contribution in [2.24, 2.45) is 0 Å². The summed E-state index contributed by atoms with van der Waals surface area (Å²) >= 11 is 0. The normalized spacial score (nSPS) is 10.6. The van der Waals surface area contributed by atoms with E-state index in [1.807, 2.05) is 37.3 Å². The third-order valence-corrected chi connectivity index (χ3v) is 6.21. The van der Waals surface area contributed by atoms with Crippen molar-refractivity contribution < 1.29 is 42.1 Å². The largest absolute Gasteiger partial charge is 0.457 e. The van der Waals surface area contributed by atoms with Gasteiger partial charge in [0.2, 0.25) is 6.79 Å². The van der Waals surface area contributed by atoms with Crippen molar-refractivity contribution in [2.45, 2.75) is 20.5 Å². The highest BCUT2D eigenvalue weighted by Gasteiger charge is 2.21. The molecule has 0 saturated heterocycles. The fourth-order valence-electron chi connectivity index (χ4n) is 4.01. The second-order valence-corrected chi connectivity index (χ2v) is 9.28. The third-order valence-electron chi connectivity index (χ3n) is 6.21. The lowest BCUT2D eigenvalue weighted by Gasteiger charge is -2.12. The Bertz CT molecular complexity index is 1730. The van der Waals surface area contributed by atoms with Gasteiger partial charge in [-0.05, 0) is 77.7 Å². The molecule has 7 nitrogen and oxygen atoms in total. The molecule has 0 aliphatic rings. The molecule has 0 bridgehead atoms. The minimum atomic E-state index is -1.40. The minimum Gasteiger partial charge on any atom is -0.457 e. The van der Waals surface area contributed by atoms with E-state index in [1.165, 1.54) is 6.92 Å². The summed E-state index contributed by atoms with van der Waals surface area (Å²) in [5.41, 5.74) is 2.11. The molecule has 42 heavy (non-hydrogen) atoms. The average molecular weight is 573 g/mol. The summed E-state index contributed by atoms with van der Waals surface area (Å²) in [4.78, 5) is 35.3. The van der Waals surface area contributed by atoms with Crippen LogP contribution in [0.4, 0.5) is 8.78 Å². The molecule has 0 atom stereocenters. The van der Waals surface area contributed by atoms with Gasteiger partial charge < -0.3 is 18.9 Å². The molecule has 214 valence electrons. The van der Waals surface area contributed by atoms with Crippen molar-refractivity contribution in [1.29, 1.82) is 0 Å². The number of rotatable bonds is 10. The number of ether oxygens (including phenoxy) is 4. The van der Waals surface area contributed by atoms with Gasteiger partial charge in [0.15, 0.2) is 11.6 Å². The number of carbonyl (C=O) groups is 3. The van der Waals surface area contributed by atoms with Gasteiger partial charge in [0.1, 0.15) is 18.1 Å². The minimum absolute atomic E-state index is 0.115. The van der Waals surface area contributed by atoms with Gasteiger partial charge in [0.05, 0.1) is 5.56 Å². The molecule has 0 spiro atoms. The van der Waals surface area contributed by atoms with E-state index in [1.54, 1.807) is 24.3 Å². The van der Waals surface area contributed by atoms with Crippen molar-refractivity contribution in [3.05, 3.63) is 120 Å². The van der Waals surface area contributed by atoms with Crippen molar-refractivity contribution in [1.82, 2.24) is 0 Å². The average Bonchev–Trinajstić information content (AvgIpc) is 2.97. The SMILES string of the molecule is C=CC(=O)OCOc1ccc(-c2ccc3cc(OC(=O)c4ccc(COC(=O)C(=C)C)c(F)c4F)ccc3c2)c(C)c1. The molecule has 0 amide bonds. The van der Waals surface area contributed by atoms with Crippen LogP contribution in [0.2, 0.25) is 0 Å². The molecule has 0 aliphatic carbocycles. The number of aryl methyl sites for hydroxylation is 1. The van der Waals surface area contributed by atoms with Crippen molar-refractivity contribution in [2.75, 3.05) is 6.79 Å². The number of halogens is 2. The zero-order chi connectivity index (χ0) is 30.4. The van der Waals surface area contributed by atoms with Gasteiger partial charge in [-0.2, -0.15) is 0 Å². The molecule has 4 rings (SSSR count). The highest BCUT2D eigenvalue weighted by atomic mass is 19.2. The van der Waals surface area contributed by atoms with Crippen LogP contribution in [0.1, 0.15) is 28.4 Å². The van der Waals surface area contributed by atoms with Gasteiger partial charge in [-0.15, -0.1) is 0 Å². The lowest BCUT2D eigenvalue weighted by Crippen LogP contribution is -2.13. The summed E-state index contributed by atoms with van der Waals surface area (Å²) in [5.74, 6) is -4.43. The summed E-state index contributed by atoms with van der Waals surface area (Å²) in [6.45, 7) is 9.36. The Morgan fingerprint density at radius 2 is 1.57 bits per heavy atom. The molecular formula is C33H26F2O7. The Morgan fingerprint density at radius 3 is 2.29 bits per heavy atom. The lowest BCUT2D eigenvalue weighted by molar-refractivity contribution is -0.144. The first kappa shape index (κ1) is 29.7. The van der Waals surface area contributed by atoms with E-state index in [4.69, 9.17) is 18.9 Å². The van der Waals surface area contributed by atoms with Gasteiger partial charge in [-0.1, -0.05) is 43.5 Å². The number of hydrogen-bond donors (Lipinski definition) is 0. The highest BCUT2D eigenvalue weighted by molar-refractivity contribution is 5.93. The number of carbonyl (C=O) groups excluding carboxylic acids is 3. The summed E-state index contributed by atoms with van der Waals surface area (Å²) in [7, 11) is 0. The maximum atomic E-state index is 14.7. The Labute approximate surface area is 240 Å². The maximum Gasteiger partial charge on any atom is 0.346 e. The standard InChI is InChI=1S/C33H26F2O7/c1-5-29(36)41-18-40-25-11-13-27(20(4)14-25)23-7-6-22-16-26(10-8-21(22)15-23)42-33(38)28-12-9-24(30(34)31(28)35)17-39-32(37)19(2)3/h5-16H,1-2,17-18H2,3-4H3. The van der Waals surface area contributed by atoms with E-state index in [0.717, 1.165) is 45.7 Å².